The van der Waals surface area contributed by atoms with Gasteiger partial charge in [-0.3, -0.25) is 19.2 Å². The van der Waals surface area contributed by atoms with Crippen molar-refractivity contribution in [3.8, 4) is 0 Å². The van der Waals surface area contributed by atoms with E-state index in [-0.39, 0.29) is 44.9 Å². The van der Waals surface area contributed by atoms with E-state index in [9.17, 15) is 24.0 Å². The summed E-state index contributed by atoms with van der Waals surface area (Å²) < 4.78 is 5.35. The van der Waals surface area contributed by atoms with Crippen LogP contribution in [0.25, 0.3) is 0 Å². The van der Waals surface area contributed by atoms with E-state index in [4.69, 9.17) is 16.3 Å². The van der Waals surface area contributed by atoms with E-state index in [2.05, 4.69) is 10.6 Å². The van der Waals surface area contributed by atoms with E-state index in [0.717, 1.165) is 0 Å². The maximum atomic E-state index is 12.9. The molecule has 1 unspecified atom stereocenters. The first-order chi connectivity index (χ1) is 18.1. The average molecular weight is 533 g/mol. The number of amides is 2. The molecule has 8 nitrogen and oxygen atoms in total. The van der Waals surface area contributed by atoms with Crippen molar-refractivity contribution >= 4 is 46.6 Å². The number of ether oxygens (including phenoxy) is 1. The summed E-state index contributed by atoms with van der Waals surface area (Å²) in [4.78, 5) is 64.0. The van der Waals surface area contributed by atoms with Crippen molar-refractivity contribution in [3.05, 3.63) is 99.6 Å². The number of anilines is 1. The summed E-state index contributed by atoms with van der Waals surface area (Å²) in [5.74, 6) is -2.90. The van der Waals surface area contributed by atoms with E-state index in [0.29, 0.717) is 11.1 Å². The molecule has 3 aromatic rings. The Balaban J connectivity index is 1.43. The molecular weight excluding hydrogens is 508 g/mol. The van der Waals surface area contributed by atoms with Gasteiger partial charge >= 0.3 is 5.97 Å². The van der Waals surface area contributed by atoms with Crippen LogP contribution in [0.15, 0.2) is 66.7 Å². The van der Waals surface area contributed by atoms with Gasteiger partial charge in [0.25, 0.3) is 11.8 Å². The molecule has 38 heavy (non-hydrogen) atoms. The summed E-state index contributed by atoms with van der Waals surface area (Å²) in [6, 6.07) is 16.4. The SMILES string of the molecule is CC(OC(=O)[C@@H](NC(=O)c1ccccc1Cl)C(C)C)C(=O)Nc1ccc2c(c1)C(=O)c1ccccc1C2=O. The third-order valence-electron chi connectivity index (χ3n) is 6.18. The molecule has 0 aromatic heterocycles. The molecule has 3 aromatic carbocycles. The number of halogens is 1. The second kappa shape index (κ2) is 11.0. The molecule has 0 aliphatic heterocycles. The Labute approximate surface area is 224 Å². The number of fused-ring (bicyclic) bond motifs is 2. The number of benzene rings is 3. The van der Waals surface area contributed by atoms with E-state index in [1.807, 2.05) is 0 Å². The predicted molar refractivity (Wildman–Crippen MR) is 141 cm³/mol. The summed E-state index contributed by atoms with van der Waals surface area (Å²) >= 11 is 6.08. The van der Waals surface area contributed by atoms with Gasteiger partial charge in [0.1, 0.15) is 6.04 Å². The Hall–Kier alpha value is -4.30. The van der Waals surface area contributed by atoms with Crippen LogP contribution >= 0.6 is 11.6 Å². The first kappa shape index (κ1) is 26.8. The minimum atomic E-state index is -1.21. The number of rotatable bonds is 7. The highest BCUT2D eigenvalue weighted by atomic mass is 35.5. The van der Waals surface area contributed by atoms with Gasteiger partial charge in [0.15, 0.2) is 17.7 Å². The molecule has 0 saturated heterocycles. The first-order valence-corrected chi connectivity index (χ1v) is 12.4. The molecule has 2 N–H and O–H groups in total. The van der Waals surface area contributed by atoms with E-state index in [1.165, 1.54) is 31.2 Å². The Kier molecular flexibility index (Phi) is 7.73. The molecule has 0 bridgehead atoms. The predicted octanol–water partition coefficient (Wildman–Crippen LogP) is 4.44. The third kappa shape index (κ3) is 5.35. The van der Waals surface area contributed by atoms with Crippen LogP contribution in [0.2, 0.25) is 5.02 Å². The molecule has 9 heteroatoms. The fourth-order valence-corrected chi connectivity index (χ4v) is 4.31. The number of hydrogen-bond donors (Lipinski definition) is 2. The van der Waals surface area contributed by atoms with Crippen LogP contribution in [-0.4, -0.2) is 41.5 Å². The minimum absolute atomic E-state index is 0.179. The van der Waals surface area contributed by atoms with E-state index >= 15 is 0 Å². The average Bonchev–Trinajstić information content (AvgIpc) is 2.90. The molecule has 1 aliphatic rings. The molecule has 194 valence electrons. The second-order valence-corrected chi connectivity index (χ2v) is 9.61. The second-order valence-electron chi connectivity index (χ2n) is 9.21. The largest absolute Gasteiger partial charge is 0.451 e. The zero-order chi connectivity index (χ0) is 27.6. The maximum Gasteiger partial charge on any atom is 0.329 e. The Morgan fingerprint density at radius 2 is 1.37 bits per heavy atom. The maximum absolute atomic E-state index is 12.9. The van der Waals surface area contributed by atoms with Crippen LogP contribution in [0.1, 0.15) is 63.0 Å². The molecular formula is C29H25ClN2O6. The van der Waals surface area contributed by atoms with Crippen molar-refractivity contribution < 1.29 is 28.7 Å². The van der Waals surface area contributed by atoms with Gasteiger partial charge in [0, 0.05) is 27.9 Å². The fourth-order valence-electron chi connectivity index (χ4n) is 4.08. The molecule has 0 saturated carbocycles. The van der Waals surface area contributed by atoms with Gasteiger partial charge in [-0.15, -0.1) is 0 Å². The van der Waals surface area contributed by atoms with Crippen LogP contribution in [0.3, 0.4) is 0 Å². The molecule has 0 spiro atoms. The van der Waals surface area contributed by atoms with Gasteiger partial charge in [-0.1, -0.05) is 61.8 Å². The normalized spacial score (nSPS) is 13.7. The Morgan fingerprint density at radius 1 is 0.789 bits per heavy atom. The van der Waals surface area contributed by atoms with Crippen molar-refractivity contribution in [2.75, 3.05) is 5.32 Å². The molecule has 1 aliphatic carbocycles. The van der Waals surface area contributed by atoms with Gasteiger partial charge in [-0.05, 0) is 43.2 Å². The molecule has 4 rings (SSSR count). The van der Waals surface area contributed by atoms with Gasteiger partial charge in [-0.25, -0.2) is 4.79 Å². The van der Waals surface area contributed by atoms with E-state index < -0.39 is 29.9 Å². The zero-order valence-corrected chi connectivity index (χ0v) is 21.7. The van der Waals surface area contributed by atoms with Gasteiger partial charge < -0.3 is 15.4 Å². The lowest BCUT2D eigenvalue weighted by Crippen LogP contribution is -2.47. The van der Waals surface area contributed by atoms with Crippen LogP contribution in [0, 0.1) is 5.92 Å². The Morgan fingerprint density at radius 3 is 2.00 bits per heavy atom. The summed E-state index contributed by atoms with van der Waals surface area (Å²) in [6.45, 7) is 4.85. The number of nitrogens with one attached hydrogen (secondary N) is 2. The lowest BCUT2D eigenvalue weighted by molar-refractivity contribution is -0.156. The number of hydrogen-bond acceptors (Lipinski definition) is 6. The third-order valence-corrected chi connectivity index (χ3v) is 6.51. The van der Waals surface area contributed by atoms with Gasteiger partial charge in [-0.2, -0.15) is 0 Å². The van der Waals surface area contributed by atoms with Crippen LogP contribution in [0.4, 0.5) is 5.69 Å². The first-order valence-electron chi connectivity index (χ1n) is 12.0. The van der Waals surface area contributed by atoms with Crippen LogP contribution in [-0.2, 0) is 14.3 Å². The highest BCUT2D eigenvalue weighted by Gasteiger charge is 2.31. The van der Waals surface area contributed by atoms with Crippen molar-refractivity contribution in [3.63, 3.8) is 0 Å². The number of carbonyl (C=O) groups is 5. The van der Waals surface area contributed by atoms with E-state index in [1.54, 1.807) is 56.3 Å². The molecule has 0 radical (unpaired) electrons. The minimum Gasteiger partial charge on any atom is -0.451 e. The highest BCUT2D eigenvalue weighted by Crippen LogP contribution is 2.29. The number of carbonyl (C=O) groups excluding carboxylic acids is 5. The van der Waals surface area contributed by atoms with Crippen molar-refractivity contribution in [1.29, 1.82) is 0 Å². The quantitative estimate of drug-likeness (QED) is 0.340. The zero-order valence-electron chi connectivity index (χ0n) is 20.9. The molecule has 0 fully saturated rings. The van der Waals surface area contributed by atoms with Crippen LogP contribution < -0.4 is 10.6 Å². The summed E-state index contributed by atoms with van der Waals surface area (Å²) in [5.41, 5.74) is 1.54. The van der Waals surface area contributed by atoms with Gasteiger partial charge in [0.2, 0.25) is 0 Å². The summed E-state index contributed by atoms with van der Waals surface area (Å²) in [6.07, 6.45) is -1.21. The fraction of sp³-hybridized carbons (Fsp3) is 0.207. The number of esters is 1. The number of ketones is 2. The smallest absolute Gasteiger partial charge is 0.329 e. The van der Waals surface area contributed by atoms with Crippen molar-refractivity contribution in [2.24, 2.45) is 5.92 Å². The van der Waals surface area contributed by atoms with Crippen molar-refractivity contribution in [2.45, 2.75) is 32.9 Å². The summed E-state index contributed by atoms with van der Waals surface area (Å²) in [7, 11) is 0. The van der Waals surface area contributed by atoms with Crippen molar-refractivity contribution in [1.82, 2.24) is 5.32 Å². The Bertz CT molecular complexity index is 1460. The lowest BCUT2D eigenvalue weighted by atomic mass is 9.84. The standard InChI is InChI=1S/C29H25ClN2O6/c1-15(2)24(32-28(36)21-10-6-7-11-23(21)30)29(37)38-16(3)27(35)31-17-12-13-20-22(14-17)26(34)19-9-5-4-8-18(19)25(20)33/h4-16,24H,1-3H3,(H,31,35)(H,32,36)/t16?,24-/m0/s1. The molecule has 2 amide bonds. The molecule has 0 heterocycles. The van der Waals surface area contributed by atoms with Gasteiger partial charge in [0.05, 0.1) is 10.6 Å². The molecule has 2 atom stereocenters. The highest BCUT2D eigenvalue weighted by molar-refractivity contribution is 6.34. The monoisotopic (exact) mass is 532 g/mol. The lowest BCUT2D eigenvalue weighted by Gasteiger charge is -2.23. The summed E-state index contributed by atoms with van der Waals surface area (Å²) in [5, 5.41) is 5.47. The topological polar surface area (TPSA) is 119 Å². The van der Waals surface area contributed by atoms with Crippen LogP contribution in [0.5, 0.6) is 0 Å².